The van der Waals surface area contributed by atoms with Crippen LogP contribution in [-0.4, -0.2) is 26.3 Å². The molecule has 0 aliphatic rings. The Morgan fingerprint density at radius 3 is 2.71 bits per heavy atom. The largest absolute Gasteiger partial charge is 0.312 e. The van der Waals surface area contributed by atoms with Gasteiger partial charge in [0.15, 0.2) is 11.6 Å². The van der Waals surface area contributed by atoms with Crippen molar-refractivity contribution < 1.29 is 0 Å². The van der Waals surface area contributed by atoms with Crippen molar-refractivity contribution in [3.05, 3.63) is 35.5 Å². The van der Waals surface area contributed by atoms with E-state index in [1.165, 1.54) is 0 Å². The Labute approximate surface area is 126 Å². The third kappa shape index (κ3) is 3.88. The number of nitrogens with one attached hydrogen (secondary N) is 1. The minimum Gasteiger partial charge on any atom is -0.312 e. The summed E-state index contributed by atoms with van der Waals surface area (Å²) in [6.07, 6.45) is 3.50. The maximum atomic E-state index is 4.59. The number of aryl methyl sites for hydroxylation is 2. The van der Waals surface area contributed by atoms with Crippen LogP contribution in [0.3, 0.4) is 0 Å². The summed E-state index contributed by atoms with van der Waals surface area (Å²) in [6.45, 7) is 10.4. The molecule has 0 aliphatic carbocycles. The number of pyridine rings is 1. The number of nitrogens with zero attached hydrogens (tertiary/aromatic N) is 4. The van der Waals surface area contributed by atoms with Gasteiger partial charge in [0.25, 0.3) is 0 Å². The molecule has 1 N–H and O–H groups in total. The van der Waals surface area contributed by atoms with E-state index < -0.39 is 0 Å². The molecule has 0 aliphatic heterocycles. The fraction of sp³-hybridized carbons (Fsp3) is 0.562. The summed E-state index contributed by atoms with van der Waals surface area (Å²) in [4.78, 5) is 9.09. The first-order valence-corrected chi connectivity index (χ1v) is 7.75. The van der Waals surface area contributed by atoms with Gasteiger partial charge in [-0.1, -0.05) is 33.8 Å². The van der Waals surface area contributed by atoms with E-state index in [0.717, 1.165) is 49.0 Å². The second-order valence-electron chi connectivity index (χ2n) is 5.57. The van der Waals surface area contributed by atoms with Crippen molar-refractivity contribution in [1.29, 1.82) is 0 Å². The fourth-order valence-corrected chi connectivity index (χ4v) is 2.19. The molecule has 0 atom stereocenters. The predicted molar refractivity (Wildman–Crippen MR) is 84.5 cm³/mol. The molecule has 5 nitrogen and oxygen atoms in total. The normalized spacial score (nSPS) is 11.3. The maximum absolute atomic E-state index is 4.59. The molecule has 0 spiro atoms. The zero-order valence-electron chi connectivity index (χ0n) is 13.4. The van der Waals surface area contributed by atoms with E-state index in [1.807, 2.05) is 16.9 Å². The smallest absolute Gasteiger partial charge is 0.159 e. The zero-order valence-corrected chi connectivity index (χ0v) is 13.4. The van der Waals surface area contributed by atoms with Gasteiger partial charge >= 0.3 is 0 Å². The van der Waals surface area contributed by atoms with Gasteiger partial charge in [-0.15, -0.1) is 5.10 Å². The molecule has 21 heavy (non-hydrogen) atoms. The average Bonchev–Trinajstić information content (AvgIpc) is 2.90. The minimum absolute atomic E-state index is 0.634. The second-order valence-corrected chi connectivity index (χ2v) is 5.57. The molecule has 0 fully saturated rings. The molecule has 0 aromatic carbocycles. The Morgan fingerprint density at radius 1 is 1.24 bits per heavy atom. The van der Waals surface area contributed by atoms with Gasteiger partial charge in [0, 0.05) is 31.1 Å². The molecule has 0 saturated carbocycles. The summed E-state index contributed by atoms with van der Waals surface area (Å²) < 4.78 is 1.89. The lowest BCUT2D eigenvalue weighted by molar-refractivity contribution is 0.550. The SMILES string of the molecule is CCc1nc(CC)n(-c2ncccc2CNCC(C)C)n1. The molecule has 5 heteroatoms. The maximum Gasteiger partial charge on any atom is 0.159 e. The van der Waals surface area contributed by atoms with Gasteiger partial charge in [-0.05, 0) is 18.5 Å². The van der Waals surface area contributed by atoms with Crippen LogP contribution in [0.2, 0.25) is 0 Å². The van der Waals surface area contributed by atoms with Crippen LogP contribution in [0.4, 0.5) is 0 Å². The number of aromatic nitrogens is 4. The molecular weight excluding hydrogens is 262 g/mol. The molecule has 0 bridgehead atoms. The quantitative estimate of drug-likeness (QED) is 0.850. The summed E-state index contributed by atoms with van der Waals surface area (Å²) in [5.74, 6) is 3.36. The first-order chi connectivity index (χ1) is 10.2. The Kier molecular flexibility index (Phi) is 5.44. The molecule has 0 unspecified atom stereocenters. The number of hydrogen-bond acceptors (Lipinski definition) is 4. The van der Waals surface area contributed by atoms with Crippen molar-refractivity contribution in [2.24, 2.45) is 5.92 Å². The third-order valence-electron chi connectivity index (χ3n) is 3.29. The second kappa shape index (κ2) is 7.31. The van der Waals surface area contributed by atoms with Crippen molar-refractivity contribution in [2.75, 3.05) is 6.54 Å². The highest BCUT2D eigenvalue weighted by molar-refractivity contribution is 5.33. The first kappa shape index (κ1) is 15.6. The molecule has 2 heterocycles. The van der Waals surface area contributed by atoms with Crippen molar-refractivity contribution >= 4 is 0 Å². The molecule has 0 amide bonds. The van der Waals surface area contributed by atoms with Crippen LogP contribution in [0.5, 0.6) is 0 Å². The van der Waals surface area contributed by atoms with Crippen molar-refractivity contribution in [3.8, 4) is 5.82 Å². The molecule has 0 radical (unpaired) electrons. The molecular formula is C16H25N5. The molecule has 0 saturated heterocycles. The highest BCUT2D eigenvalue weighted by Gasteiger charge is 2.13. The highest BCUT2D eigenvalue weighted by atomic mass is 15.4. The van der Waals surface area contributed by atoms with Gasteiger partial charge in [-0.2, -0.15) is 4.68 Å². The molecule has 2 rings (SSSR count). The monoisotopic (exact) mass is 287 g/mol. The van der Waals surface area contributed by atoms with Gasteiger partial charge in [-0.25, -0.2) is 9.97 Å². The van der Waals surface area contributed by atoms with Crippen molar-refractivity contribution in [3.63, 3.8) is 0 Å². The van der Waals surface area contributed by atoms with E-state index >= 15 is 0 Å². The van der Waals surface area contributed by atoms with Crippen LogP contribution >= 0.6 is 0 Å². The Bertz CT molecular complexity index is 574. The van der Waals surface area contributed by atoms with E-state index in [9.17, 15) is 0 Å². The first-order valence-electron chi connectivity index (χ1n) is 7.75. The summed E-state index contributed by atoms with van der Waals surface area (Å²) in [5.41, 5.74) is 1.15. The predicted octanol–water partition coefficient (Wildman–Crippen LogP) is 2.53. The Balaban J connectivity index is 2.28. The van der Waals surface area contributed by atoms with Gasteiger partial charge in [0.1, 0.15) is 5.82 Å². The number of rotatable bonds is 7. The highest BCUT2D eigenvalue weighted by Crippen LogP contribution is 2.14. The molecule has 2 aromatic rings. The van der Waals surface area contributed by atoms with Crippen molar-refractivity contribution in [2.45, 2.75) is 47.1 Å². The van der Waals surface area contributed by atoms with E-state index in [1.54, 1.807) is 0 Å². The van der Waals surface area contributed by atoms with Crippen LogP contribution in [0.25, 0.3) is 5.82 Å². The summed E-state index contributed by atoms with van der Waals surface area (Å²) in [5, 5.41) is 8.06. The van der Waals surface area contributed by atoms with Gasteiger partial charge < -0.3 is 5.32 Å². The van der Waals surface area contributed by atoms with Gasteiger partial charge in [0.2, 0.25) is 0 Å². The van der Waals surface area contributed by atoms with E-state index in [0.29, 0.717) is 5.92 Å². The van der Waals surface area contributed by atoms with E-state index in [2.05, 4.69) is 54.1 Å². The lowest BCUT2D eigenvalue weighted by atomic mass is 10.2. The lowest BCUT2D eigenvalue weighted by Gasteiger charge is -2.12. The van der Waals surface area contributed by atoms with E-state index in [-0.39, 0.29) is 0 Å². The minimum atomic E-state index is 0.634. The van der Waals surface area contributed by atoms with E-state index in [4.69, 9.17) is 0 Å². The van der Waals surface area contributed by atoms with Crippen LogP contribution in [-0.2, 0) is 19.4 Å². The summed E-state index contributed by atoms with van der Waals surface area (Å²) in [7, 11) is 0. The van der Waals surface area contributed by atoms with Gasteiger partial charge in [-0.3, -0.25) is 0 Å². The Morgan fingerprint density at radius 2 is 2.05 bits per heavy atom. The lowest BCUT2D eigenvalue weighted by Crippen LogP contribution is -2.20. The number of hydrogen-bond donors (Lipinski definition) is 1. The average molecular weight is 287 g/mol. The summed E-state index contributed by atoms with van der Waals surface area (Å²) in [6, 6.07) is 4.07. The Hall–Kier alpha value is -1.75. The van der Waals surface area contributed by atoms with Gasteiger partial charge in [0.05, 0.1) is 0 Å². The fourth-order valence-electron chi connectivity index (χ4n) is 2.19. The van der Waals surface area contributed by atoms with Crippen molar-refractivity contribution in [1.82, 2.24) is 25.1 Å². The van der Waals surface area contributed by atoms with Crippen LogP contribution in [0, 0.1) is 5.92 Å². The third-order valence-corrected chi connectivity index (χ3v) is 3.29. The summed E-state index contributed by atoms with van der Waals surface area (Å²) >= 11 is 0. The zero-order chi connectivity index (χ0) is 15.2. The van der Waals surface area contributed by atoms with Crippen LogP contribution < -0.4 is 5.32 Å². The topological polar surface area (TPSA) is 55.6 Å². The van der Waals surface area contributed by atoms with Crippen LogP contribution in [0.1, 0.15) is 44.9 Å². The standard InChI is InChI=1S/C16H25N5/c1-5-14-19-15(6-2)21(20-14)16-13(8-7-9-18-16)11-17-10-12(3)4/h7-9,12,17H,5-6,10-11H2,1-4H3. The molecule has 2 aromatic heterocycles. The molecule has 114 valence electrons. The van der Waals surface area contributed by atoms with Crippen LogP contribution in [0.15, 0.2) is 18.3 Å².